The molecule has 0 aliphatic carbocycles. The van der Waals surface area contributed by atoms with Crippen LogP contribution in [0.15, 0.2) is 41.9 Å². The fourth-order valence-corrected chi connectivity index (χ4v) is 3.41. The summed E-state index contributed by atoms with van der Waals surface area (Å²) in [5, 5.41) is 9.03. The van der Waals surface area contributed by atoms with Gasteiger partial charge in [-0.3, -0.25) is 9.69 Å². The Labute approximate surface area is 115 Å². The van der Waals surface area contributed by atoms with E-state index < -0.39 is 18.3 Å². The van der Waals surface area contributed by atoms with Crippen molar-refractivity contribution in [2.75, 3.05) is 5.75 Å². The number of aliphatic carboxylic acids is 1. The molecule has 0 bridgehead atoms. The van der Waals surface area contributed by atoms with Crippen LogP contribution in [-0.2, 0) is 16.1 Å². The number of carboxylic acid groups (broad SMARTS) is 1. The first-order valence-electron chi connectivity index (χ1n) is 6.43. The monoisotopic (exact) mass is 278 g/mol. The SMILES string of the molecule is [2H]C1C(=O)N2C(C(=O)O)=C(C[n+]3ccccc3)CS[C@H]12. The largest absolute Gasteiger partial charge is 0.477 e. The molecule has 0 aromatic carbocycles. The first-order valence-corrected chi connectivity index (χ1v) is 6.91. The highest BCUT2D eigenvalue weighted by atomic mass is 32.2. The molecule has 1 N–H and O–H groups in total. The van der Waals surface area contributed by atoms with Gasteiger partial charge >= 0.3 is 5.97 Å². The minimum Gasteiger partial charge on any atom is -0.477 e. The highest BCUT2D eigenvalue weighted by Gasteiger charge is 2.45. The van der Waals surface area contributed by atoms with Crippen LogP contribution in [0.1, 0.15) is 7.77 Å². The molecule has 3 rings (SSSR count). The van der Waals surface area contributed by atoms with E-state index in [2.05, 4.69) is 0 Å². The van der Waals surface area contributed by atoms with E-state index in [0.717, 1.165) is 0 Å². The highest BCUT2D eigenvalue weighted by molar-refractivity contribution is 8.00. The second-order valence-electron chi connectivity index (χ2n) is 4.38. The first kappa shape index (κ1) is 11.0. The van der Waals surface area contributed by atoms with Gasteiger partial charge in [-0.15, -0.1) is 11.8 Å². The molecule has 1 amide bonds. The molecule has 1 aromatic rings. The Morgan fingerprint density at radius 3 is 2.95 bits per heavy atom. The summed E-state index contributed by atoms with van der Waals surface area (Å²) in [5.41, 5.74) is 0.758. The number of β-lactam (4-membered cyclic amide) rings is 1. The number of carbonyl (C=O) groups excluding carboxylic acids is 1. The van der Waals surface area contributed by atoms with E-state index in [1.807, 2.05) is 35.2 Å². The van der Waals surface area contributed by atoms with E-state index in [-0.39, 0.29) is 11.1 Å². The van der Waals surface area contributed by atoms with Gasteiger partial charge in [-0.25, -0.2) is 9.36 Å². The fraction of sp³-hybridized carbons (Fsp3) is 0.308. The number of aromatic nitrogens is 1. The van der Waals surface area contributed by atoms with E-state index in [1.54, 1.807) is 0 Å². The first-order chi connectivity index (χ1) is 9.59. The van der Waals surface area contributed by atoms with Crippen LogP contribution >= 0.6 is 11.8 Å². The third kappa shape index (κ3) is 2.12. The Morgan fingerprint density at radius 1 is 1.53 bits per heavy atom. The van der Waals surface area contributed by atoms with Crippen LogP contribution in [-0.4, -0.2) is 33.0 Å². The Hall–Kier alpha value is -1.82. The minimum atomic E-state index is -1.10. The van der Waals surface area contributed by atoms with Crippen LogP contribution in [0.25, 0.3) is 0 Å². The molecule has 0 radical (unpaired) electrons. The van der Waals surface area contributed by atoms with Gasteiger partial charge in [-0.05, 0) is 0 Å². The third-order valence-corrected chi connectivity index (χ3v) is 4.34. The molecular weight excluding hydrogens is 264 g/mol. The number of hydrogen-bond acceptors (Lipinski definition) is 3. The van der Waals surface area contributed by atoms with Crippen molar-refractivity contribution in [3.8, 4) is 0 Å². The molecule has 1 saturated heterocycles. The number of amides is 1. The van der Waals surface area contributed by atoms with Crippen LogP contribution in [0.4, 0.5) is 0 Å². The van der Waals surface area contributed by atoms with Gasteiger partial charge in [0.25, 0.3) is 0 Å². The normalized spacial score (nSPS) is 26.6. The number of carbonyl (C=O) groups is 2. The number of pyridine rings is 1. The average Bonchev–Trinajstić information content (AvgIpc) is 2.46. The van der Waals surface area contributed by atoms with Crippen molar-refractivity contribution in [2.24, 2.45) is 0 Å². The van der Waals surface area contributed by atoms with Crippen LogP contribution in [0, 0.1) is 0 Å². The highest BCUT2D eigenvalue weighted by Crippen LogP contribution is 2.39. The van der Waals surface area contributed by atoms with Gasteiger partial charge in [0.05, 0.1) is 11.8 Å². The molecule has 1 unspecified atom stereocenters. The molecule has 3 heterocycles. The predicted octanol–water partition coefficient (Wildman–Crippen LogP) is 0.618. The van der Waals surface area contributed by atoms with Crippen molar-refractivity contribution in [3.05, 3.63) is 41.9 Å². The third-order valence-electron chi connectivity index (χ3n) is 3.13. The molecule has 0 saturated carbocycles. The van der Waals surface area contributed by atoms with E-state index in [0.29, 0.717) is 17.9 Å². The molecule has 6 heteroatoms. The van der Waals surface area contributed by atoms with Crippen molar-refractivity contribution >= 4 is 23.6 Å². The molecule has 2 aliphatic rings. The van der Waals surface area contributed by atoms with Gasteiger partial charge in [-0.2, -0.15) is 0 Å². The van der Waals surface area contributed by atoms with Crippen LogP contribution in [0.5, 0.6) is 0 Å². The van der Waals surface area contributed by atoms with E-state index in [1.165, 1.54) is 16.7 Å². The second-order valence-corrected chi connectivity index (χ2v) is 5.49. The number of carboxylic acids is 1. The maximum absolute atomic E-state index is 11.7. The van der Waals surface area contributed by atoms with Crippen molar-refractivity contribution in [1.29, 1.82) is 0 Å². The summed E-state index contributed by atoms with van der Waals surface area (Å²) in [6, 6.07) is 5.63. The number of thioether (sulfide) groups is 1. The van der Waals surface area contributed by atoms with Crippen molar-refractivity contribution < 1.29 is 20.6 Å². The zero-order valence-electron chi connectivity index (χ0n) is 11.0. The van der Waals surface area contributed by atoms with E-state index in [4.69, 9.17) is 1.37 Å². The van der Waals surface area contributed by atoms with Crippen molar-refractivity contribution in [3.63, 3.8) is 0 Å². The van der Waals surface area contributed by atoms with Gasteiger partial charge in [-0.1, -0.05) is 6.07 Å². The van der Waals surface area contributed by atoms with E-state index in [9.17, 15) is 14.7 Å². The summed E-state index contributed by atoms with van der Waals surface area (Å²) < 4.78 is 9.51. The molecule has 2 atom stereocenters. The van der Waals surface area contributed by atoms with Gasteiger partial charge < -0.3 is 5.11 Å². The number of hydrogen-bond donors (Lipinski definition) is 1. The van der Waals surface area contributed by atoms with Gasteiger partial charge in [0.2, 0.25) is 5.91 Å². The van der Waals surface area contributed by atoms with Crippen LogP contribution in [0.2, 0.25) is 0 Å². The van der Waals surface area contributed by atoms with E-state index >= 15 is 0 Å². The maximum atomic E-state index is 11.7. The molecule has 1 aromatic heterocycles. The zero-order valence-corrected chi connectivity index (χ0v) is 10.8. The smallest absolute Gasteiger partial charge is 0.352 e. The van der Waals surface area contributed by atoms with Crippen LogP contribution < -0.4 is 4.57 Å². The predicted molar refractivity (Wildman–Crippen MR) is 69.0 cm³/mol. The summed E-state index contributed by atoms with van der Waals surface area (Å²) in [7, 11) is 0. The van der Waals surface area contributed by atoms with Gasteiger partial charge in [0.1, 0.15) is 5.70 Å². The fourth-order valence-electron chi connectivity index (χ4n) is 2.24. The molecule has 2 aliphatic heterocycles. The summed E-state index contributed by atoms with van der Waals surface area (Å²) in [4.78, 5) is 24.5. The molecule has 19 heavy (non-hydrogen) atoms. The lowest BCUT2D eigenvalue weighted by Gasteiger charge is -2.43. The summed E-state index contributed by atoms with van der Waals surface area (Å²) in [6.45, 7) is 0.439. The Bertz CT molecular complexity index is 605. The summed E-state index contributed by atoms with van der Waals surface area (Å²) in [5.74, 6) is -0.981. The Balaban J connectivity index is 1.94. The quantitative estimate of drug-likeness (QED) is 0.650. The number of fused-ring (bicyclic) bond motifs is 1. The van der Waals surface area contributed by atoms with Gasteiger partial charge in [0.15, 0.2) is 18.9 Å². The van der Waals surface area contributed by atoms with Crippen LogP contribution in [0.3, 0.4) is 0 Å². The topological polar surface area (TPSA) is 61.5 Å². The lowest BCUT2D eigenvalue weighted by Crippen LogP contribution is -2.54. The lowest BCUT2D eigenvalue weighted by atomic mass is 10.1. The standard InChI is InChI=1S/C13H12N2O3S/c16-10-6-11-15(10)12(13(17)18)9(8-19-11)7-14-4-2-1-3-5-14/h1-5,11H,6-8H2/p+1/t11-/m1/s1/i6D/t6?,11-. The van der Waals surface area contributed by atoms with Crippen molar-refractivity contribution in [1.82, 2.24) is 4.90 Å². The minimum absolute atomic E-state index is 0.0543. The molecule has 98 valence electrons. The Kier molecular flexibility index (Phi) is 2.73. The molecule has 0 spiro atoms. The molecular formula is C13H13N2O3S+. The number of rotatable bonds is 3. The lowest BCUT2D eigenvalue weighted by molar-refractivity contribution is -0.689. The average molecular weight is 278 g/mol. The summed E-state index contributed by atoms with van der Waals surface area (Å²) in [6.07, 6.45) is 2.88. The number of nitrogens with zero attached hydrogens (tertiary/aromatic N) is 2. The zero-order chi connectivity index (χ0) is 14.3. The molecule has 1 fully saturated rings. The Morgan fingerprint density at radius 2 is 2.26 bits per heavy atom. The van der Waals surface area contributed by atoms with Gasteiger partial charge in [0, 0.05) is 24.8 Å². The molecule has 5 nitrogen and oxygen atoms in total. The summed E-state index contributed by atoms with van der Waals surface area (Å²) >= 11 is 1.46. The van der Waals surface area contributed by atoms with Crippen molar-refractivity contribution in [2.45, 2.75) is 18.3 Å². The second kappa shape index (κ2) is 4.70. The maximum Gasteiger partial charge on any atom is 0.352 e.